The van der Waals surface area contributed by atoms with Crippen molar-refractivity contribution in [3.8, 4) is 11.4 Å². The highest BCUT2D eigenvalue weighted by atomic mass is 32.1. The molecule has 1 unspecified atom stereocenters. The molecule has 0 bridgehead atoms. The van der Waals surface area contributed by atoms with Gasteiger partial charge in [-0.25, -0.2) is 19.6 Å². The van der Waals surface area contributed by atoms with Gasteiger partial charge in [0.15, 0.2) is 5.65 Å². The molecule has 0 fully saturated rings. The Morgan fingerprint density at radius 3 is 2.72 bits per heavy atom. The lowest BCUT2D eigenvalue weighted by Crippen LogP contribution is -2.10. The summed E-state index contributed by atoms with van der Waals surface area (Å²) in [7, 11) is 0. The molecule has 0 aliphatic carbocycles. The number of aromatic nitrogens is 6. The van der Waals surface area contributed by atoms with Gasteiger partial charge in [0.25, 0.3) is 0 Å². The van der Waals surface area contributed by atoms with E-state index in [1.54, 1.807) is 11.3 Å². The van der Waals surface area contributed by atoms with E-state index in [9.17, 15) is 0 Å². The molecule has 5 aromatic rings. The number of hydrogen-bond donors (Lipinski definition) is 1. The van der Waals surface area contributed by atoms with Crippen molar-refractivity contribution in [1.82, 2.24) is 29.1 Å². The Hall–Kier alpha value is -3.26. The van der Waals surface area contributed by atoms with Crippen molar-refractivity contribution >= 4 is 33.7 Å². The monoisotopic (exact) mass is 405 g/mol. The largest absolute Gasteiger partial charge is 0.383 e. The van der Waals surface area contributed by atoms with Gasteiger partial charge in [0.05, 0.1) is 34.0 Å². The second kappa shape index (κ2) is 7.63. The van der Waals surface area contributed by atoms with E-state index in [1.165, 1.54) is 6.33 Å². The smallest absolute Gasteiger partial charge is 0.164 e. The van der Waals surface area contributed by atoms with Gasteiger partial charge in [0.1, 0.15) is 12.1 Å². The van der Waals surface area contributed by atoms with Crippen molar-refractivity contribution in [3.05, 3.63) is 58.9 Å². The van der Waals surface area contributed by atoms with Gasteiger partial charge in [-0.15, -0.1) is 11.3 Å². The topological polar surface area (TPSA) is 86.9 Å². The van der Waals surface area contributed by atoms with Crippen molar-refractivity contribution < 1.29 is 0 Å². The molecule has 5 heterocycles. The van der Waals surface area contributed by atoms with Crippen LogP contribution < -0.4 is 5.73 Å². The van der Waals surface area contributed by atoms with E-state index in [2.05, 4.69) is 50.0 Å². The molecule has 148 valence electrons. The molecule has 5 rings (SSSR count). The van der Waals surface area contributed by atoms with Crippen LogP contribution in [0, 0.1) is 6.92 Å². The van der Waals surface area contributed by atoms with Gasteiger partial charge in [-0.05, 0) is 32.0 Å². The first-order valence-corrected chi connectivity index (χ1v) is 10.5. The average Bonchev–Trinajstić information content (AvgIpc) is 3.46. The van der Waals surface area contributed by atoms with Gasteiger partial charge >= 0.3 is 0 Å². The van der Waals surface area contributed by atoms with Crippen LogP contribution in [0.15, 0.2) is 47.7 Å². The number of aryl methyl sites for hydroxylation is 1. The molecule has 0 radical (unpaired) electrons. The Morgan fingerprint density at radius 1 is 1.14 bits per heavy atom. The molecular weight excluding hydrogens is 382 g/mol. The van der Waals surface area contributed by atoms with Crippen LogP contribution in [0.4, 0.5) is 5.82 Å². The van der Waals surface area contributed by atoms with E-state index < -0.39 is 0 Å². The second-order valence-electron chi connectivity index (χ2n) is 6.48. The Morgan fingerprint density at radius 2 is 1.97 bits per heavy atom. The fourth-order valence-corrected chi connectivity index (χ4v) is 4.17. The zero-order valence-corrected chi connectivity index (χ0v) is 17.7. The third-order valence-corrected chi connectivity index (χ3v) is 5.48. The highest BCUT2D eigenvalue weighted by molar-refractivity contribution is 7.07. The minimum atomic E-state index is -0.0490. The minimum Gasteiger partial charge on any atom is -0.383 e. The van der Waals surface area contributed by atoms with Gasteiger partial charge in [0, 0.05) is 22.7 Å². The molecule has 0 saturated carbocycles. The molecule has 8 heteroatoms. The number of rotatable bonds is 3. The number of fused-ring (bicyclic) bond motifs is 2. The summed E-state index contributed by atoms with van der Waals surface area (Å²) >= 11 is 1.59. The molecule has 0 aliphatic rings. The van der Waals surface area contributed by atoms with Crippen LogP contribution in [0.2, 0.25) is 0 Å². The quantitative estimate of drug-likeness (QED) is 0.469. The molecule has 2 N–H and O–H groups in total. The van der Waals surface area contributed by atoms with Crippen LogP contribution in [0.3, 0.4) is 0 Å². The van der Waals surface area contributed by atoms with Gasteiger partial charge in [-0.3, -0.25) is 0 Å². The molecular formula is C21H23N7S. The van der Waals surface area contributed by atoms with E-state index in [0.717, 1.165) is 39.2 Å². The van der Waals surface area contributed by atoms with Crippen LogP contribution in [0.25, 0.3) is 27.9 Å². The Labute approximate surface area is 172 Å². The molecule has 0 amide bonds. The van der Waals surface area contributed by atoms with Crippen molar-refractivity contribution in [2.75, 3.05) is 5.73 Å². The highest BCUT2D eigenvalue weighted by Crippen LogP contribution is 2.35. The van der Waals surface area contributed by atoms with Crippen molar-refractivity contribution in [1.29, 1.82) is 0 Å². The summed E-state index contributed by atoms with van der Waals surface area (Å²) < 4.78 is 4.09. The zero-order valence-electron chi connectivity index (χ0n) is 16.9. The summed E-state index contributed by atoms with van der Waals surface area (Å²) in [5, 5.41) is 7.60. The lowest BCUT2D eigenvalue weighted by Gasteiger charge is -2.14. The molecule has 0 aromatic carbocycles. The number of nitrogens with two attached hydrogens (primary N) is 1. The number of anilines is 1. The Kier molecular flexibility index (Phi) is 5.02. The molecule has 5 aromatic heterocycles. The lowest BCUT2D eigenvalue weighted by molar-refractivity contribution is 0.576. The number of thiazole rings is 1. The first-order valence-electron chi connectivity index (χ1n) is 9.59. The van der Waals surface area contributed by atoms with Crippen molar-refractivity contribution in [2.45, 2.75) is 33.7 Å². The SMILES string of the molecule is CC.Cc1nn(C(C)c2cc3ccccn3c2-c2cscn2)c2ncnc(N)c12. The fraction of sp³-hybridized carbons (Fsp3) is 0.238. The maximum atomic E-state index is 6.06. The Bertz CT molecular complexity index is 1270. The highest BCUT2D eigenvalue weighted by Gasteiger charge is 2.23. The van der Waals surface area contributed by atoms with Gasteiger partial charge in [0.2, 0.25) is 0 Å². The molecule has 0 saturated heterocycles. The predicted molar refractivity (Wildman–Crippen MR) is 118 cm³/mol. The number of pyridine rings is 1. The molecule has 1 atom stereocenters. The number of nitrogens with zero attached hydrogens (tertiary/aromatic N) is 6. The van der Waals surface area contributed by atoms with E-state index in [0.29, 0.717) is 5.82 Å². The van der Waals surface area contributed by atoms with Crippen LogP contribution >= 0.6 is 11.3 Å². The van der Waals surface area contributed by atoms with Crippen LogP contribution in [0.1, 0.15) is 38.1 Å². The van der Waals surface area contributed by atoms with Gasteiger partial charge < -0.3 is 10.1 Å². The lowest BCUT2D eigenvalue weighted by atomic mass is 10.1. The third kappa shape index (κ3) is 3.05. The average molecular weight is 406 g/mol. The van der Waals surface area contributed by atoms with Crippen LogP contribution in [0.5, 0.6) is 0 Å². The van der Waals surface area contributed by atoms with Gasteiger partial charge in [-0.1, -0.05) is 19.9 Å². The van der Waals surface area contributed by atoms with E-state index in [1.807, 2.05) is 43.1 Å². The van der Waals surface area contributed by atoms with Crippen molar-refractivity contribution in [3.63, 3.8) is 0 Å². The molecule has 0 spiro atoms. The van der Waals surface area contributed by atoms with Crippen LogP contribution in [-0.2, 0) is 0 Å². The summed E-state index contributed by atoms with van der Waals surface area (Å²) in [6.07, 6.45) is 3.55. The number of nitrogen functional groups attached to an aromatic ring is 1. The predicted octanol–water partition coefficient (Wildman–Crippen LogP) is 4.73. The first kappa shape index (κ1) is 19.1. The first-order chi connectivity index (χ1) is 14.1. The normalized spacial score (nSPS) is 12.1. The van der Waals surface area contributed by atoms with E-state index in [4.69, 9.17) is 10.8 Å². The fourth-order valence-electron chi connectivity index (χ4n) is 3.63. The van der Waals surface area contributed by atoms with E-state index in [-0.39, 0.29) is 6.04 Å². The maximum Gasteiger partial charge on any atom is 0.164 e. The molecule has 0 aliphatic heterocycles. The third-order valence-electron chi connectivity index (χ3n) is 4.89. The summed E-state index contributed by atoms with van der Waals surface area (Å²) in [6.45, 7) is 8.05. The summed E-state index contributed by atoms with van der Waals surface area (Å²) in [4.78, 5) is 13.1. The zero-order chi connectivity index (χ0) is 20.5. The maximum absolute atomic E-state index is 6.06. The van der Waals surface area contributed by atoms with Crippen molar-refractivity contribution in [2.24, 2.45) is 0 Å². The second-order valence-corrected chi connectivity index (χ2v) is 7.20. The number of hydrogen-bond acceptors (Lipinski definition) is 6. The summed E-state index contributed by atoms with van der Waals surface area (Å²) in [6, 6.07) is 8.30. The molecule has 29 heavy (non-hydrogen) atoms. The standard InChI is InChI=1S/C19H17N7S.C2H6/c1-11-16-18(20)21-9-22-19(16)26(24-11)12(2)14-7-13-5-3-4-6-25(13)17(14)15-8-27-10-23-15;1-2/h3-10,12H,1-2H3,(H2,20,21,22);1-2H3. The summed E-state index contributed by atoms with van der Waals surface area (Å²) in [5.74, 6) is 0.456. The minimum absolute atomic E-state index is 0.0490. The van der Waals surface area contributed by atoms with Gasteiger partial charge in [-0.2, -0.15) is 5.10 Å². The Balaban J connectivity index is 0.000000994. The van der Waals surface area contributed by atoms with Crippen LogP contribution in [-0.4, -0.2) is 29.1 Å². The summed E-state index contributed by atoms with van der Waals surface area (Å²) in [5.41, 5.74) is 13.8. The van der Waals surface area contributed by atoms with E-state index >= 15 is 0 Å². The molecule has 7 nitrogen and oxygen atoms in total.